The van der Waals surface area contributed by atoms with Gasteiger partial charge in [0.1, 0.15) is 11.6 Å². The van der Waals surface area contributed by atoms with Crippen LogP contribution < -0.4 is 14.4 Å². The Kier molecular flexibility index (Phi) is 7.39. The van der Waals surface area contributed by atoms with E-state index in [0.29, 0.717) is 17.9 Å². The number of hydrogen-bond donors (Lipinski definition) is 1. The van der Waals surface area contributed by atoms with Gasteiger partial charge < -0.3 is 10.1 Å². The zero-order chi connectivity index (χ0) is 20.7. The molecule has 0 saturated carbocycles. The van der Waals surface area contributed by atoms with E-state index in [0.717, 1.165) is 11.8 Å². The number of nitrogens with zero attached hydrogens (tertiary/aromatic N) is 1. The van der Waals surface area contributed by atoms with Gasteiger partial charge in [-0.2, -0.15) is 0 Å². The fourth-order valence-corrected chi connectivity index (χ4v) is 3.73. The molecule has 0 aromatic heterocycles. The van der Waals surface area contributed by atoms with Gasteiger partial charge in [0.25, 0.3) is 0 Å². The quantitative estimate of drug-likeness (QED) is 0.691. The lowest BCUT2D eigenvalue weighted by molar-refractivity contribution is -0.121. The van der Waals surface area contributed by atoms with Crippen molar-refractivity contribution >= 4 is 21.6 Å². The first-order valence-electron chi connectivity index (χ1n) is 8.87. The Balaban J connectivity index is 1.92. The summed E-state index contributed by atoms with van der Waals surface area (Å²) >= 11 is 0. The van der Waals surface area contributed by atoms with E-state index in [4.69, 9.17) is 4.74 Å². The van der Waals surface area contributed by atoms with Crippen molar-refractivity contribution in [3.8, 4) is 5.75 Å². The molecule has 0 aliphatic rings. The zero-order valence-electron chi connectivity index (χ0n) is 16.2. The number of hydrogen-bond acceptors (Lipinski definition) is 4. The first-order chi connectivity index (χ1) is 13.2. The van der Waals surface area contributed by atoms with Crippen molar-refractivity contribution in [3.63, 3.8) is 0 Å². The first-order valence-corrected chi connectivity index (χ1v) is 10.7. The van der Waals surface area contributed by atoms with Crippen molar-refractivity contribution in [2.24, 2.45) is 0 Å². The molecule has 0 aliphatic carbocycles. The van der Waals surface area contributed by atoms with Gasteiger partial charge in [-0.05, 0) is 55.3 Å². The van der Waals surface area contributed by atoms with Crippen LogP contribution in [0.25, 0.3) is 0 Å². The number of rotatable bonds is 9. The summed E-state index contributed by atoms with van der Waals surface area (Å²) in [5.74, 6) is 0.105. The van der Waals surface area contributed by atoms with Gasteiger partial charge in [-0.15, -0.1) is 0 Å². The first kappa shape index (κ1) is 21.7. The van der Waals surface area contributed by atoms with Crippen LogP contribution in [0, 0.1) is 5.82 Å². The topological polar surface area (TPSA) is 75.7 Å². The molecule has 0 fully saturated rings. The predicted molar refractivity (Wildman–Crippen MR) is 107 cm³/mol. The van der Waals surface area contributed by atoms with Crippen molar-refractivity contribution in [2.75, 3.05) is 24.2 Å². The summed E-state index contributed by atoms with van der Waals surface area (Å²) in [4.78, 5) is 12.2. The van der Waals surface area contributed by atoms with Crippen molar-refractivity contribution in [1.29, 1.82) is 0 Å². The van der Waals surface area contributed by atoms with Crippen LogP contribution >= 0.6 is 0 Å². The minimum absolute atomic E-state index is 0.174. The molecule has 2 rings (SSSR count). The Morgan fingerprint density at radius 3 is 2.29 bits per heavy atom. The number of carbonyl (C=O) groups is 1. The van der Waals surface area contributed by atoms with Crippen molar-refractivity contribution < 1.29 is 22.3 Å². The lowest BCUT2D eigenvalue weighted by Gasteiger charge is -2.22. The normalized spacial score (nSPS) is 12.3. The van der Waals surface area contributed by atoms with E-state index >= 15 is 0 Å². The number of halogens is 1. The number of sulfonamides is 1. The molecular weight excluding hydrogens is 383 g/mol. The second-order valence-electron chi connectivity index (χ2n) is 6.48. The summed E-state index contributed by atoms with van der Waals surface area (Å²) in [6.45, 7) is 1.99. The third-order valence-electron chi connectivity index (χ3n) is 4.27. The number of nitrogens with one attached hydrogen (secondary N) is 1. The molecule has 0 heterocycles. The maximum absolute atomic E-state index is 13.0. The molecule has 28 heavy (non-hydrogen) atoms. The number of ether oxygens (including phenoxy) is 1. The van der Waals surface area contributed by atoms with Gasteiger partial charge in [-0.1, -0.05) is 12.1 Å². The molecule has 1 atom stereocenters. The maximum Gasteiger partial charge on any atom is 0.232 e. The van der Waals surface area contributed by atoms with Gasteiger partial charge in [-0.3, -0.25) is 9.10 Å². The molecule has 2 aromatic carbocycles. The number of benzene rings is 2. The molecule has 1 amide bonds. The van der Waals surface area contributed by atoms with E-state index in [9.17, 15) is 17.6 Å². The smallest absolute Gasteiger partial charge is 0.232 e. The third-order valence-corrected chi connectivity index (χ3v) is 5.47. The molecular formula is C20H25FN2O4S. The van der Waals surface area contributed by atoms with Crippen molar-refractivity contribution in [3.05, 3.63) is 59.9 Å². The van der Waals surface area contributed by atoms with E-state index in [2.05, 4.69) is 5.32 Å². The van der Waals surface area contributed by atoms with Gasteiger partial charge in [0.15, 0.2) is 0 Å². The standard InChI is InChI=1S/C20H25FN2O4S/c1-15(16-6-8-17(21)9-7-16)22-20(24)5-4-14-23(28(3,25)26)18-10-12-19(27-2)13-11-18/h6-13,15H,4-5,14H2,1-3H3,(H,22,24)/t15-/m1/s1. The summed E-state index contributed by atoms with van der Waals surface area (Å²) in [6, 6.07) is 12.4. The van der Waals surface area contributed by atoms with Crippen LogP contribution in [-0.4, -0.2) is 34.2 Å². The van der Waals surface area contributed by atoms with Crippen LogP contribution in [-0.2, 0) is 14.8 Å². The van der Waals surface area contributed by atoms with Crippen LogP contribution in [0.4, 0.5) is 10.1 Å². The minimum atomic E-state index is -3.48. The highest BCUT2D eigenvalue weighted by Crippen LogP contribution is 2.22. The van der Waals surface area contributed by atoms with E-state index in [1.165, 1.54) is 23.5 Å². The second-order valence-corrected chi connectivity index (χ2v) is 8.38. The van der Waals surface area contributed by atoms with Gasteiger partial charge in [0, 0.05) is 13.0 Å². The van der Waals surface area contributed by atoms with Crippen molar-refractivity contribution in [2.45, 2.75) is 25.8 Å². The lowest BCUT2D eigenvalue weighted by Crippen LogP contribution is -2.32. The molecule has 0 radical (unpaired) electrons. The van der Waals surface area contributed by atoms with Crippen LogP contribution in [0.2, 0.25) is 0 Å². The van der Waals surface area contributed by atoms with E-state index in [1.54, 1.807) is 36.4 Å². The minimum Gasteiger partial charge on any atom is -0.497 e. The number of anilines is 1. The fraction of sp³-hybridized carbons (Fsp3) is 0.350. The zero-order valence-corrected chi connectivity index (χ0v) is 17.0. The number of carbonyl (C=O) groups excluding carboxylic acids is 1. The van der Waals surface area contributed by atoms with Crippen LogP contribution in [0.5, 0.6) is 5.75 Å². The average Bonchev–Trinajstić information content (AvgIpc) is 2.65. The summed E-state index contributed by atoms with van der Waals surface area (Å²) < 4.78 is 43.6. The van der Waals surface area contributed by atoms with E-state index in [-0.39, 0.29) is 30.7 Å². The van der Waals surface area contributed by atoms with Crippen LogP contribution in [0.15, 0.2) is 48.5 Å². The summed E-state index contributed by atoms with van der Waals surface area (Å²) in [6.07, 6.45) is 1.67. The summed E-state index contributed by atoms with van der Waals surface area (Å²) in [5.41, 5.74) is 1.31. The molecule has 0 unspecified atom stereocenters. The third kappa shape index (κ3) is 6.23. The molecule has 0 bridgehead atoms. The largest absolute Gasteiger partial charge is 0.497 e. The number of methoxy groups -OCH3 is 1. The van der Waals surface area contributed by atoms with E-state index in [1.807, 2.05) is 6.92 Å². The van der Waals surface area contributed by atoms with Gasteiger partial charge in [0.05, 0.1) is 25.1 Å². The van der Waals surface area contributed by atoms with Crippen LogP contribution in [0.3, 0.4) is 0 Å². The molecule has 0 saturated heterocycles. The molecule has 6 nitrogen and oxygen atoms in total. The lowest BCUT2D eigenvalue weighted by atomic mass is 10.1. The van der Waals surface area contributed by atoms with Gasteiger partial charge >= 0.3 is 0 Å². The highest BCUT2D eigenvalue weighted by molar-refractivity contribution is 7.92. The van der Waals surface area contributed by atoms with Gasteiger partial charge in [0.2, 0.25) is 15.9 Å². The molecule has 0 spiro atoms. The Morgan fingerprint density at radius 1 is 1.14 bits per heavy atom. The summed E-state index contributed by atoms with van der Waals surface area (Å²) in [7, 11) is -1.94. The number of amides is 1. The highest BCUT2D eigenvalue weighted by atomic mass is 32.2. The SMILES string of the molecule is COc1ccc(N(CCCC(=O)N[C@H](C)c2ccc(F)cc2)S(C)(=O)=O)cc1. The Bertz CT molecular complexity index is 883. The molecule has 8 heteroatoms. The Labute approximate surface area is 165 Å². The Hall–Kier alpha value is -2.61. The summed E-state index contributed by atoms with van der Waals surface area (Å²) in [5, 5.41) is 2.84. The molecule has 1 N–H and O–H groups in total. The van der Waals surface area contributed by atoms with Crippen LogP contribution in [0.1, 0.15) is 31.4 Å². The maximum atomic E-state index is 13.0. The molecule has 0 aliphatic heterocycles. The fourth-order valence-electron chi connectivity index (χ4n) is 2.77. The Morgan fingerprint density at radius 2 is 1.75 bits per heavy atom. The van der Waals surface area contributed by atoms with E-state index < -0.39 is 10.0 Å². The average molecular weight is 408 g/mol. The molecule has 152 valence electrons. The predicted octanol–water partition coefficient (Wildman–Crippen LogP) is 3.26. The van der Waals surface area contributed by atoms with Crippen molar-refractivity contribution in [1.82, 2.24) is 5.32 Å². The highest BCUT2D eigenvalue weighted by Gasteiger charge is 2.18. The second kappa shape index (κ2) is 9.54. The molecule has 2 aromatic rings. The van der Waals surface area contributed by atoms with Gasteiger partial charge in [-0.25, -0.2) is 12.8 Å². The monoisotopic (exact) mass is 408 g/mol.